The van der Waals surface area contributed by atoms with Crippen LogP contribution in [-0.2, 0) is 8.10 Å². The van der Waals surface area contributed by atoms with E-state index in [0.717, 1.165) is 23.0 Å². The number of ether oxygens (including phenoxy) is 1. The molecule has 1 aromatic rings. The van der Waals surface area contributed by atoms with Crippen LogP contribution in [0.4, 0.5) is 0 Å². The first-order chi connectivity index (χ1) is 11.0. The normalized spacial score (nSPS) is 36.0. The van der Waals surface area contributed by atoms with Crippen LogP contribution in [0.5, 0.6) is 5.75 Å². The summed E-state index contributed by atoms with van der Waals surface area (Å²) >= 11 is -1.05. The van der Waals surface area contributed by atoms with Gasteiger partial charge in [0, 0.05) is 0 Å². The Labute approximate surface area is 144 Å². The first-order valence-corrected chi connectivity index (χ1v) is 14.2. The van der Waals surface area contributed by atoms with Gasteiger partial charge in [0.15, 0.2) is 0 Å². The maximum atomic E-state index is 12.9. The summed E-state index contributed by atoms with van der Waals surface area (Å²) in [7, 11) is -1.60. The van der Waals surface area contributed by atoms with E-state index >= 15 is 0 Å². The van der Waals surface area contributed by atoms with Gasteiger partial charge in [-0.05, 0) is 0 Å². The summed E-state index contributed by atoms with van der Waals surface area (Å²) in [6.07, 6.45) is 8.13. The summed E-state index contributed by atoms with van der Waals surface area (Å²) in [5.41, 5.74) is 0.365. The Hall–Kier alpha value is -0.472. The fourth-order valence-corrected chi connectivity index (χ4v) is 13.1. The monoisotopic (exact) mass is 396 g/mol. The van der Waals surface area contributed by atoms with E-state index in [1.165, 1.54) is 38.5 Å². The minimum absolute atomic E-state index is 0.365. The molecule has 0 amide bonds. The quantitative estimate of drug-likeness (QED) is 0.716. The van der Waals surface area contributed by atoms with E-state index in [0.29, 0.717) is 16.1 Å². The fourth-order valence-electron chi connectivity index (χ4n) is 5.67. The number of benzene rings is 1. The first kappa shape index (κ1) is 16.0. The zero-order valence-electron chi connectivity index (χ0n) is 13.6. The van der Waals surface area contributed by atoms with Crippen molar-refractivity contribution in [2.45, 2.75) is 48.6 Å². The molecule has 0 heterocycles. The molecule has 126 valence electrons. The van der Waals surface area contributed by atoms with Crippen molar-refractivity contribution in [3.63, 3.8) is 0 Å². The van der Waals surface area contributed by atoms with Gasteiger partial charge < -0.3 is 0 Å². The number of rotatable bonds is 5. The molecule has 1 atom stereocenters. The number of hydrogen-bond donors (Lipinski definition) is 0. The molecule has 4 aliphatic rings. The molecule has 23 heavy (non-hydrogen) atoms. The standard InChI is InChI=1S/C18H25AsO3S/c1-22-16-4-2-3-5-17(16)23(20,21)19-12-18-9-13-6-14(10-18)8-15(7-13)11-18/h2-5,13-15,19H,6-12H2,1H3. The SMILES string of the molecule is COc1ccccc1S(=O)(=O)[AsH]CC12CC3CC(CC(C3)C1)C2. The predicted octanol–water partition coefficient (Wildman–Crippen LogP) is 3.46. The molecular formula is C18H25AsO3S. The van der Waals surface area contributed by atoms with Crippen LogP contribution in [0, 0.1) is 23.2 Å². The minimum atomic E-state index is -3.15. The van der Waals surface area contributed by atoms with E-state index in [9.17, 15) is 8.42 Å². The second kappa shape index (κ2) is 5.81. The van der Waals surface area contributed by atoms with Crippen LogP contribution in [0.25, 0.3) is 0 Å². The summed E-state index contributed by atoms with van der Waals surface area (Å²) in [6, 6.07) is 7.09. The average molecular weight is 396 g/mol. The Balaban J connectivity index is 1.52. The van der Waals surface area contributed by atoms with Crippen LogP contribution in [0.1, 0.15) is 38.5 Å². The van der Waals surface area contributed by atoms with Crippen LogP contribution in [0.15, 0.2) is 29.2 Å². The molecule has 4 fully saturated rings. The van der Waals surface area contributed by atoms with E-state index in [2.05, 4.69) is 0 Å². The van der Waals surface area contributed by atoms with Gasteiger partial charge in [-0.2, -0.15) is 0 Å². The molecule has 0 saturated heterocycles. The zero-order valence-corrected chi connectivity index (χ0v) is 16.5. The van der Waals surface area contributed by atoms with Crippen molar-refractivity contribution < 1.29 is 13.2 Å². The second-order valence-corrected chi connectivity index (χ2v) is 15.6. The van der Waals surface area contributed by atoms with Gasteiger partial charge in [-0.1, -0.05) is 0 Å². The van der Waals surface area contributed by atoms with Gasteiger partial charge in [0.1, 0.15) is 0 Å². The van der Waals surface area contributed by atoms with E-state index in [-0.39, 0.29) is 0 Å². The summed E-state index contributed by atoms with van der Waals surface area (Å²) in [5.74, 6) is 3.17. The van der Waals surface area contributed by atoms with E-state index in [4.69, 9.17) is 4.74 Å². The Kier molecular flexibility index (Phi) is 4.04. The molecule has 5 rings (SSSR count). The Bertz CT molecular complexity index is 663. The van der Waals surface area contributed by atoms with E-state index in [1.807, 2.05) is 6.07 Å². The molecular weight excluding hydrogens is 371 g/mol. The molecule has 0 N–H and O–H groups in total. The van der Waals surface area contributed by atoms with Crippen molar-refractivity contribution in [3.05, 3.63) is 24.3 Å². The van der Waals surface area contributed by atoms with Gasteiger partial charge in [0.05, 0.1) is 0 Å². The van der Waals surface area contributed by atoms with Crippen molar-refractivity contribution in [2.75, 3.05) is 7.11 Å². The van der Waals surface area contributed by atoms with Crippen LogP contribution in [-0.4, -0.2) is 30.1 Å². The van der Waals surface area contributed by atoms with Crippen molar-refractivity contribution >= 4 is 22.7 Å². The van der Waals surface area contributed by atoms with Crippen molar-refractivity contribution in [2.24, 2.45) is 23.2 Å². The molecule has 0 aliphatic heterocycles. The molecule has 5 heteroatoms. The van der Waals surface area contributed by atoms with Gasteiger partial charge in [0.2, 0.25) is 0 Å². The maximum absolute atomic E-state index is 12.9. The number of para-hydroxylation sites is 1. The van der Waals surface area contributed by atoms with E-state index < -0.39 is 22.7 Å². The average Bonchev–Trinajstić information content (AvgIpc) is 2.52. The summed E-state index contributed by atoms with van der Waals surface area (Å²) in [6.45, 7) is 0. The van der Waals surface area contributed by atoms with Crippen LogP contribution in [0.2, 0.25) is 5.21 Å². The first-order valence-electron chi connectivity index (χ1n) is 8.62. The van der Waals surface area contributed by atoms with E-state index in [1.54, 1.807) is 25.3 Å². The summed E-state index contributed by atoms with van der Waals surface area (Å²) in [5, 5.41) is 0.955. The van der Waals surface area contributed by atoms with Gasteiger partial charge >= 0.3 is 145 Å². The fraction of sp³-hybridized carbons (Fsp3) is 0.667. The summed E-state index contributed by atoms with van der Waals surface area (Å²) in [4.78, 5) is 0.409. The molecule has 0 spiro atoms. The van der Waals surface area contributed by atoms with Crippen LogP contribution < -0.4 is 4.74 Å². The number of methoxy groups -OCH3 is 1. The van der Waals surface area contributed by atoms with Gasteiger partial charge in [0.25, 0.3) is 0 Å². The zero-order chi connectivity index (χ0) is 16.1. The molecule has 0 aromatic heterocycles. The van der Waals surface area contributed by atoms with Gasteiger partial charge in [-0.25, -0.2) is 0 Å². The van der Waals surface area contributed by atoms with Crippen molar-refractivity contribution in [1.29, 1.82) is 0 Å². The third-order valence-electron chi connectivity index (χ3n) is 6.16. The predicted molar refractivity (Wildman–Crippen MR) is 92.7 cm³/mol. The molecule has 4 bridgehead atoms. The third kappa shape index (κ3) is 2.98. The molecule has 1 aromatic carbocycles. The molecule has 0 radical (unpaired) electrons. The second-order valence-electron chi connectivity index (χ2n) is 7.89. The Morgan fingerprint density at radius 1 is 1.09 bits per heavy atom. The van der Waals surface area contributed by atoms with Gasteiger partial charge in [-0.15, -0.1) is 0 Å². The summed E-state index contributed by atoms with van der Waals surface area (Å²) < 4.78 is 31.0. The van der Waals surface area contributed by atoms with Crippen molar-refractivity contribution in [3.8, 4) is 5.75 Å². The van der Waals surface area contributed by atoms with Crippen LogP contribution >= 0.6 is 0 Å². The number of hydrogen-bond acceptors (Lipinski definition) is 3. The van der Waals surface area contributed by atoms with Crippen molar-refractivity contribution in [1.82, 2.24) is 0 Å². The molecule has 1 unspecified atom stereocenters. The molecule has 4 saturated carbocycles. The topological polar surface area (TPSA) is 43.4 Å². The Morgan fingerprint density at radius 3 is 2.22 bits per heavy atom. The molecule has 4 aliphatic carbocycles. The Morgan fingerprint density at radius 2 is 1.65 bits per heavy atom. The van der Waals surface area contributed by atoms with Crippen LogP contribution in [0.3, 0.4) is 0 Å². The van der Waals surface area contributed by atoms with Gasteiger partial charge in [-0.3, -0.25) is 0 Å². The molecule has 3 nitrogen and oxygen atoms in total. The third-order valence-corrected chi connectivity index (χ3v) is 13.9.